The van der Waals surface area contributed by atoms with E-state index in [0.717, 1.165) is 9.88 Å². The van der Waals surface area contributed by atoms with E-state index in [1.807, 2.05) is 22.9 Å². The molecule has 2 heterocycles. The van der Waals surface area contributed by atoms with Gasteiger partial charge in [0, 0.05) is 17.1 Å². The Labute approximate surface area is 158 Å². The number of hydrogen-bond acceptors (Lipinski definition) is 7. The molecule has 3 rings (SSSR count). The van der Waals surface area contributed by atoms with Gasteiger partial charge in [0.25, 0.3) is 5.91 Å². The molecule has 0 aliphatic carbocycles. The third-order valence-electron chi connectivity index (χ3n) is 3.33. The van der Waals surface area contributed by atoms with Crippen molar-refractivity contribution in [3.8, 4) is 15.6 Å². The molecule has 0 bridgehead atoms. The van der Waals surface area contributed by atoms with Crippen LogP contribution in [0.1, 0.15) is 5.69 Å². The lowest BCUT2D eigenvalue weighted by Crippen LogP contribution is -2.21. The molecule has 8 heteroatoms. The van der Waals surface area contributed by atoms with Crippen LogP contribution in [0.5, 0.6) is 5.75 Å². The summed E-state index contributed by atoms with van der Waals surface area (Å²) in [6.07, 6.45) is 0.0360. The molecule has 1 N–H and O–H groups in total. The quantitative estimate of drug-likeness (QED) is 0.626. The van der Waals surface area contributed by atoms with Gasteiger partial charge in [-0.3, -0.25) is 9.59 Å². The number of nitrogens with zero attached hydrogens (tertiary/aromatic N) is 1. The van der Waals surface area contributed by atoms with Gasteiger partial charge in [-0.1, -0.05) is 12.1 Å². The average molecular weight is 388 g/mol. The monoisotopic (exact) mass is 388 g/mol. The summed E-state index contributed by atoms with van der Waals surface area (Å²) in [4.78, 5) is 29.3. The van der Waals surface area contributed by atoms with Crippen molar-refractivity contribution in [2.75, 3.05) is 19.0 Å². The number of carbonyl (C=O) groups is 2. The molecular formula is C18H16N2O4S2. The van der Waals surface area contributed by atoms with Gasteiger partial charge in [0.05, 0.1) is 24.1 Å². The average Bonchev–Trinajstić information content (AvgIpc) is 3.31. The number of methoxy groups -OCH3 is 1. The zero-order valence-corrected chi connectivity index (χ0v) is 15.6. The van der Waals surface area contributed by atoms with E-state index in [1.54, 1.807) is 42.7 Å². The number of nitrogens with one attached hydrogen (secondary N) is 1. The summed E-state index contributed by atoms with van der Waals surface area (Å²) in [7, 11) is 1.55. The van der Waals surface area contributed by atoms with E-state index in [-0.39, 0.29) is 13.0 Å². The van der Waals surface area contributed by atoms with Crippen molar-refractivity contribution in [2.45, 2.75) is 6.42 Å². The van der Waals surface area contributed by atoms with Crippen molar-refractivity contribution in [3.05, 3.63) is 52.9 Å². The lowest BCUT2D eigenvalue weighted by atomic mass is 10.3. The van der Waals surface area contributed by atoms with E-state index in [4.69, 9.17) is 9.47 Å². The minimum Gasteiger partial charge on any atom is -0.497 e. The van der Waals surface area contributed by atoms with Crippen LogP contribution in [0, 0.1) is 0 Å². The van der Waals surface area contributed by atoms with Crippen molar-refractivity contribution < 1.29 is 19.1 Å². The number of aromatic nitrogens is 1. The Hall–Kier alpha value is -2.71. The highest BCUT2D eigenvalue weighted by molar-refractivity contribution is 7.20. The summed E-state index contributed by atoms with van der Waals surface area (Å²) in [5.41, 5.74) is 1.21. The molecule has 3 aromatic rings. The molecule has 0 radical (unpaired) electrons. The van der Waals surface area contributed by atoms with E-state index in [9.17, 15) is 9.59 Å². The first-order valence-electron chi connectivity index (χ1n) is 7.72. The number of benzene rings is 1. The SMILES string of the molecule is COc1cccc(NC(=O)COC(=O)Cc2csc(-c3cccs3)n2)c1. The summed E-state index contributed by atoms with van der Waals surface area (Å²) in [6, 6.07) is 10.9. The maximum Gasteiger partial charge on any atom is 0.312 e. The number of rotatable bonds is 7. The second-order valence-corrected chi connectivity index (χ2v) is 7.04. The van der Waals surface area contributed by atoms with Crippen molar-refractivity contribution in [2.24, 2.45) is 0 Å². The van der Waals surface area contributed by atoms with Crippen molar-refractivity contribution in [1.29, 1.82) is 0 Å². The number of amides is 1. The minimum absolute atomic E-state index is 0.0360. The molecule has 0 saturated heterocycles. The van der Waals surface area contributed by atoms with Crippen LogP contribution in [-0.4, -0.2) is 30.6 Å². The van der Waals surface area contributed by atoms with Gasteiger partial charge in [-0.15, -0.1) is 22.7 Å². The van der Waals surface area contributed by atoms with Gasteiger partial charge in [-0.05, 0) is 23.6 Å². The highest BCUT2D eigenvalue weighted by atomic mass is 32.1. The van der Waals surface area contributed by atoms with Gasteiger partial charge in [0.2, 0.25) is 0 Å². The molecule has 0 fully saturated rings. The Morgan fingerprint density at radius 1 is 1.19 bits per heavy atom. The molecule has 2 aromatic heterocycles. The second-order valence-electron chi connectivity index (χ2n) is 5.24. The van der Waals surface area contributed by atoms with E-state index in [1.165, 1.54) is 11.3 Å². The number of esters is 1. The molecular weight excluding hydrogens is 372 g/mol. The molecule has 1 aromatic carbocycles. The zero-order chi connectivity index (χ0) is 18.4. The van der Waals surface area contributed by atoms with Gasteiger partial charge in [0.1, 0.15) is 10.8 Å². The third-order valence-corrected chi connectivity index (χ3v) is 5.26. The number of carbonyl (C=O) groups excluding carboxylic acids is 2. The summed E-state index contributed by atoms with van der Waals surface area (Å²) in [5.74, 6) is -0.275. The fourth-order valence-electron chi connectivity index (χ4n) is 2.14. The standard InChI is InChI=1S/C18H16N2O4S2/c1-23-14-5-2-4-12(8-14)19-16(21)10-24-17(22)9-13-11-26-18(20-13)15-6-3-7-25-15/h2-8,11H,9-10H2,1H3,(H,19,21). The fourth-order valence-corrected chi connectivity index (χ4v) is 3.78. The molecule has 0 unspecified atom stereocenters. The Bertz CT molecular complexity index is 890. The summed E-state index contributed by atoms with van der Waals surface area (Å²) < 4.78 is 10.1. The smallest absolute Gasteiger partial charge is 0.312 e. The first kappa shape index (κ1) is 18.1. The van der Waals surface area contributed by atoms with E-state index in [0.29, 0.717) is 17.1 Å². The van der Waals surface area contributed by atoms with Crippen LogP contribution in [-0.2, 0) is 20.7 Å². The molecule has 26 heavy (non-hydrogen) atoms. The number of hydrogen-bond donors (Lipinski definition) is 1. The number of ether oxygens (including phenoxy) is 2. The Balaban J connectivity index is 1.47. The Morgan fingerprint density at radius 2 is 2.08 bits per heavy atom. The number of anilines is 1. The zero-order valence-electron chi connectivity index (χ0n) is 13.9. The Kier molecular flexibility index (Phi) is 5.98. The van der Waals surface area contributed by atoms with Gasteiger partial charge < -0.3 is 14.8 Å². The van der Waals surface area contributed by atoms with Crippen molar-refractivity contribution in [1.82, 2.24) is 4.98 Å². The fraction of sp³-hybridized carbons (Fsp3) is 0.167. The van der Waals surface area contributed by atoms with Crippen LogP contribution in [0.2, 0.25) is 0 Å². The number of thiazole rings is 1. The maximum atomic E-state index is 11.9. The van der Waals surface area contributed by atoms with Crippen LogP contribution in [0.15, 0.2) is 47.2 Å². The molecule has 0 atom stereocenters. The molecule has 0 aliphatic rings. The van der Waals surface area contributed by atoms with Crippen LogP contribution < -0.4 is 10.1 Å². The second kappa shape index (κ2) is 8.59. The summed E-state index contributed by atoms with van der Waals surface area (Å²) in [6.45, 7) is -0.349. The topological polar surface area (TPSA) is 77.5 Å². The van der Waals surface area contributed by atoms with Gasteiger partial charge >= 0.3 is 5.97 Å². The predicted molar refractivity (Wildman–Crippen MR) is 102 cm³/mol. The largest absolute Gasteiger partial charge is 0.497 e. The van der Waals surface area contributed by atoms with Gasteiger partial charge in [-0.25, -0.2) is 4.98 Å². The highest BCUT2D eigenvalue weighted by Gasteiger charge is 2.12. The summed E-state index contributed by atoms with van der Waals surface area (Å²) in [5, 5.41) is 7.33. The van der Waals surface area contributed by atoms with E-state index in [2.05, 4.69) is 10.3 Å². The normalized spacial score (nSPS) is 10.3. The van der Waals surface area contributed by atoms with E-state index < -0.39 is 11.9 Å². The highest BCUT2D eigenvalue weighted by Crippen LogP contribution is 2.27. The van der Waals surface area contributed by atoms with Crippen LogP contribution in [0.25, 0.3) is 9.88 Å². The van der Waals surface area contributed by atoms with Gasteiger partial charge in [0.15, 0.2) is 6.61 Å². The molecule has 6 nitrogen and oxygen atoms in total. The van der Waals surface area contributed by atoms with Crippen molar-refractivity contribution in [3.63, 3.8) is 0 Å². The molecule has 0 spiro atoms. The lowest BCUT2D eigenvalue weighted by Gasteiger charge is -2.07. The summed E-state index contributed by atoms with van der Waals surface area (Å²) >= 11 is 3.08. The lowest BCUT2D eigenvalue weighted by molar-refractivity contribution is -0.146. The first-order valence-corrected chi connectivity index (χ1v) is 9.48. The third kappa shape index (κ3) is 4.90. The minimum atomic E-state index is -0.492. The van der Waals surface area contributed by atoms with Crippen LogP contribution >= 0.6 is 22.7 Å². The number of thiophene rings is 1. The van der Waals surface area contributed by atoms with Crippen LogP contribution in [0.4, 0.5) is 5.69 Å². The predicted octanol–water partition coefficient (Wildman–Crippen LogP) is 3.60. The van der Waals surface area contributed by atoms with E-state index >= 15 is 0 Å². The molecule has 134 valence electrons. The van der Waals surface area contributed by atoms with Crippen LogP contribution in [0.3, 0.4) is 0 Å². The van der Waals surface area contributed by atoms with Gasteiger partial charge in [-0.2, -0.15) is 0 Å². The first-order chi connectivity index (χ1) is 12.6. The molecule has 0 saturated carbocycles. The molecule has 0 aliphatic heterocycles. The Morgan fingerprint density at radius 3 is 2.85 bits per heavy atom. The van der Waals surface area contributed by atoms with Crippen molar-refractivity contribution >= 4 is 40.2 Å². The maximum absolute atomic E-state index is 11.9. The molecule has 1 amide bonds.